The number of aliphatic hydroxyl groups is 1. The Balaban J connectivity index is 0.000000444. The number of hydrogen-bond donors (Lipinski definition) is 1. The minimum absolute atomic E-state index is 0. The number of benzene rings is 3. The Morgan fingerprint density at radius 3 is 2.45 bits per heavy atom. The van der Waals surface area contributed by atoms with Crippen LogP contribution in [0.2, 0.25) is 0 Å². The van der Waals surface area contributed by atoms with E-state index >= 15 is 0 Å². The number of aromatic nitrogens is 1. The molecule has 0 atom stereocenters. The summed E-state index contributed by atoms with van der Waals surface area (Å²) in [7, 11) is 0. The molecule has 5 rings (SSSR count). The Morgan fingerprint density at radius 2 is 1.79 bits per heavy atom. The second-order valence-corrected chi connectivity index (χ2v) is 8.89. The third kappa shape index (κ3) is 6.88. The van der Waals surface area contributed by atoms with Gasteiger partial charge in [0.15, 0.2) is 5.78 Å². The van der Waals surface area contributed by atoms with Crippen molar-refractivity contribution in [1.82, 2.24) is 4.98 Å². The number of ketones is 1. The number of hydrogen-bond acceptors (Lipinski definition) is 4. The standard InChI is InChI=1S/C25H17F3NO.C5H8O2.Ir/c1-15-12-20-19-4-2-3-5-22(19)30-24(20)21(13-15)23-18-7-6-16(8-10-25(26,27)28)14-17(18)9-11-29-23;1-4(6)3-5(2)7;/h2-7,9,11-12,14H,8,10H2,1H3;3,6H,1-2H3;/q-1;;/b;4-3-;. The van der Waals surface area contributed by atoms with Crippen LogP contribution in [-0.2, 0) is 31.3 Å². The molecule has 3 aromatic carbocycles. The Morgan fingerprint density at radius 1 is 1.05 bits per heavy atom. The van der Waals surface area contributed by atoms with Crippen LogP contribution < -0.4 is 0 Å². The summed E-state index contributed by atoms with van der Waals surface area (Å²) in [6.45, 7) is 4.83. The first-order valence-corrected chi connectivity index (χ1v) is 11.7. The van der Waals surface area contributed by atoms with E-state index in [0.29, 0.717) is 16.8 Å². The minimum Gasteiger partial charge on any atom is -0.512 e. The van der Waals surface area contributed by atoms with Crippen LogP contribution in [0, 0.1) is 13.0 Å². The summed E-state index contributed by atoms with van der Waals surface area (Å²) in [6.07, 6.45) is -2.19. The maximum Gasteiger partial charge on any atom is 0.389 e. The molecule has 0 aliphatic rings. The second-order valence-electron chi connectivity index (χ2n) is 8.89. The molecule has 2 aromatic heterocycles. The molecule has 4 nitrogen and oxygen atoms in total. The molecule has 0 amide bonds. The maximum absolute atomic E-state index is 12.6. The third-order valence-electron chi connectivity index (χ3n) is 5.72. The molecule has 1 radical (unpaired) electrons. The molecule has 0 spiro atoms. The van der Waals surface area contributed by atoms with Crippen molar-refractivity contribution in [2.45, 2.75) is 39.8 Å². The van der Waals surface area contributed by atoms with Crippen molar-refractivity contribution in [3.63, 3.8) is 0 Å². The number of fused-ring (bicyclic) bond motifs is 4. The Labute approximate surface area is 231 Å². The number of carbonyl (C=O) groups is 1. The summed E-state index contributed by atoms with van der Waals surface area (Å²) in [5, 5.41) is 12.1. The molecular formula is C30H25F3IrNO3-. The van der Waals surface area contributed by atoms with Gasteiger partial charge in [-0.25, -0.2) is 0 Å². The normalized spacial score (nSPS) is 11.8. The van der Waals surface area contributed by atoms with Gasteiger partial charge < -0.3 is 14.5 Å². The van der Waals surface area contributed by atoms with Gasteiger partial charge in [-0.05, 0) is 54.4 Å². The number of halogens is 3. The van der Waals surface area contributed by atoms with Gasteiger partial charge in [0, 0.05) is 44.2 Å². The van der Waals surface area contributed by atoms with Gasteiger partial charge in [-0.2, -0.15) is 13.2 Å². The van der Waals surface area contributed by atoms with E-state index in [-0.39, 0.29) is 38.1 Å². The first-order chi connectivity index (χ1) is 17.5. The van der Waals surface area contributed by atoms with E-state index in [4.69, 9.17) is 9.52 Å². The third-order valence-corrected chi connectivity index (χ3v) is 5.72. The van der Waals surface area contributed by atoms with Crippen LogP contribution in [0.25, 0.3) is 44.0 Å². The fraction of sp³-hybridized carbons (Fsp3) is 0.200. The summed E-state index contributed by atoms with van der Waals surface area (Å²) in [4.78, 5) is 14.6. The molecule has 38 heavy (non-hydrogen) atoms. The van der Waals surface area contributed by atoms with Crippen LogP contribution in [-0.4, -0.2) is 22.1 Å². The summed E-state index contributed by atoms with van der Waals surface area (Å²) in [6, 6.07) is 20.5. The Kier molecular flexibility index (Phi) is 9.13. The van der Waals surface area contributed by atoms with Crippen LogP contribution in [0.4, 0.5) is 13.2 Å². The predicted octanol–water partition coefficient (Wildman–Crippen LogP) is 8.44. The largest absolute Gasteiger partial charge is 0.512 e. The number of allylic oxidation sites excluding steroid dienone is 2. The second kappa shape index (κ2) is 11.9. The van der Waals surface area contributed by atoms with E-state index in [0.717, 1.165) is 38.3 Å². The average molecular weight is 697 g/mol. The number of carbonyl (C=O) groups excluding carboxylic acids is 1. The zero-order valence-electron chi connectivity index (χ0n) is 20.9. The van der Waals surface area contributed by atoms with E-state index in [9.17, 15) is 18.0 Å². The molecule has 0 aliphatic heterocycles. The van der Waals surface area contributed by atoms with Crippen LogP contribution in [0.3, 0.4) is 0 Å². The van der Waals surface area contributed by atoms with Gasteiger partial charge in [0.05, 0.1) is 11.3 Å². The SMILES string of the molecule is CC(=O)/C=C(/C)O.Cc1[c-]c(-c2nccc3cc(CCC(F)(F)F)ccc23)c2oc3ccccc3c2c1.[Ir]. The maximum atomic E-state index is 12.6. The summed E-state index contributed by atoms with van der Waals surface area (Å²) >= 11 is 0. The summed E-state index contributed by atoms with van der Waals surface area (Å²) in [5.74, 6) is -0.0625. The number of aliphatic hydroxyl groups excluding tert-OH is 1. The van der Waals surface area contributed by atoms with Gasteiger partial charge in [-0.15, -0.1) is 17.7 Å². The fourth-order valence-electron chi connectivity index (χ4n) is 4.23. The fourth-order valence-corrected chi connectivity index (χ4v) is 4.23. The van der Waals surface area contributed by atoms with Crippen LogP contribution in [0.15, 0.2) is 77.0 Å². The van der Waals surface area contributed by atoms with Gasteiger partial charge in [-0.3, -0.25) is 4.79 Å². The zero-order valence-corrected chi connectivity index (χ0v) is 23.3. The van der Waals surface area contributed by atoms with Crippen molar-refractivity contribution in [3.8, 4) is 11.3 Å². The molecule has 8 heteroatoms. The van der Waals surface area contributed by atoms with Gasteiger partial charge in [0.25, 0.3) is 0 Å². The quantitative estimate of drug-likeness (QED) is 0.116. The Hall–Kier alpha value is -3.48. The van der Waals surface area contributed by atoms with Gasteiger partial charge in [-0.1, -0.05) is 54.3 Å². The van der Waals surface area contributed by atoms with Crippen molar-refractivity contribution >= 4 is 38.5 Å². The topological polar surface area (TPSA) is 63.3 Å². The van der Waals surface area contributed by atoms with Crippen LogP contribution >= 0.6 is 0 Å². The van der Waals surface area contributed by atoms with Gasteiger partial charge in [0.2, 0.25) is 0 Å². The average Bonchev–Trinajstić information content (AvgIpc) is 3.19. The van der Waals surface area contributed by atoms with Crippen molar-refractivity contribution in [2.75, 3.05) is 0 Å². The van der Waals surface area contributed by atoms with Crippen molar-refractivity contribution in [2.24, 2.45) is 0 Å². The van der Waals surface area contributed by atoms with Crippen molar-refractivity contribution in [3.05, 3.63) is 89.8 Å². The Bertz CT molecular complexity index is 1630. The zero-order chi connectivity index (χ0) is 26.7. The number of rotatable bonds is 4. The van der Waals surface area contributed by atoms with E-state index < -0.39 is 12.6 Å². The van der Waals surface area contributed by atoms with Crippen molar-refractivity contribution < 1.29 is 47.6 Å². The minimum atomic E-state index is -4.16. The number of aryl methyl sites for hydroxylation is 2. The monoisotopic (exact) mass is 697 g/mol. The molecule has 0 aliphatic carbocycles. The predicted molar refractivity (Wildman–Crippen MR) is 139 cm³/mol. The van der Waals surface area contributed by atoms with E-state index in [2.05, 4.69) is 11.1 Å². The molecule has 0 saturated carbocycles. The molecule has 0 saturated heterocycles. The summed E-state index contributed by atoms with van der Waals surface area (Å²) in [5.41, 5.74) is 4.59. The number of para-hydroxylation sites is 1. The molecule has 0 bridgehead atoms. The van der Waals surface area contributed by atoms with E-state index in [1.165, 1.54) is 19.9 Å². The van der Waals surface area contributed by atoms with E-state index in [1.807, 2.05) is 49.4 Å². The molecule has 2 heterocycles. The van der Waals surface area contributed by atoms with Crippen molar-refractivity contribution in [1.29, 1.82) is 0 Å². The van der Waals surface area contributed by atoms with E-state index in [1.54, 1.807) is 18.3 Å². The molecule has 0 unspecified atom stereocenters. The van der Waals surface area contributed by atoms with Gasteiger partial charge >= 0.3 is 6.18 Å². The first-order valence-electron chi connectivity index (χ1n) is 11.7. The first kappa shape index (κ1) is 29.1. The van der Waals surface area contributed by atoms with Crippen LogP contribution in [0.1, 0.15) is 31.4 Å². The molecule has 199 valence electrons. The van der Waals surface area contributed by atoms with Gasteiger partial charge in [0.1, 0.15) is 5.58 Å². The molecular weight excluding hydrogens is 672 g/mol. The molecule has 1 N–H and O–H groups in total. The smallest absolute Gasteiger partial charge is 0.389 e. The molecule has 5 aromatic rings. The van der Waals surface area contributed by atoms with Crippen LogP contribution in [0.5, 0.6) is 0 Å². The number of alkyl halides is 3. The number of furan rings is 1. The molecule has 0 fully saturated rings. The number of pyridine rings is 1. The summed E-state index contributed by atoms with van der Waals surface area (Å²) < 4.78 is 43.9. The number of nitrogens with zero attached hydrogens (tertiary/aromatic N) is 1.